The van der Waals surface area contributed by atoms with Crippen molar-refractivity contribution in [1.29, 1.82) is 0 Å². The lowest BCUT2D eigenvalue weighted by Gasteiger charge is -2.23. The molecule has 2 heterocycles. The molecule has 0 spiro atoms. The molecule has 2 aliphatic rings. The highest BCUT2D eigenvalue weighted by molar-refractivity contribution is 9.10. The zero-order valence-electron chi connectivity index (χ0n) is 11.0. The number of benzene rings is 1. The average Bonchev–Trinajstić information content (AvgIpc) is 2.82. The van der Waals surface area contributed by atoms with E-state index in [1.807, 2.05) is 12.1 Å². The zero-order chi connectivity index (χ0) is 13.1. The molecular formula is C15H20BrNO2. The maximum absolute atomic E-state index is 5.94. The predicted octanol–water partition coefficient (Wildman–Crippen LogP) is 2.77. The summed E-state index contributed by atoms with van der Waals surface area (Å²) in [6.07, 6.45) is 3.76. The van der Waals surface area contributed by atoms with E-state index < -0.39 is 0 Å². The summed E-state index contributed by atoms with van der Waals surface area (Å²) in [4.78, 5) is 0. The smallest absolute Gasteiger partial charge is 0.123 e. The van der Waals surface area contributed by atoms with Crippen LogP contribution in [0.25, 0.3) is 0 Å². The van der Waals surface area contributed by atoms with Crippen molar-refractivity contribution >= 4 is 15.9 Å². The second-order valence-corrected chi connectivity index (χ2v) is 6.35. The summed E-state index contributed by atoms with van der Waals surface area (Å²) < 4.78 is 12.6. The van der Waals surface area contributed by atoms with E-state index in [0.29, 0.717) is 5.92 Å². The first-order valence-electron chi connectivity index (χ1n) is 7.05. The van der Waals surface area contributed by atoms with Crippen molar-refractivity contribution in [3.05, 3.63) is 28.2 Å². The molecule has 0 aliphatic carbocycles. The third kappa shape index (κ3) is 3.50. The molecule has 1 aromatic carbocycles. The number of nitrogens with one attached hydrogen (secondary N) is 1. The van der Waals surface area contributed by atoms with Crippen LogP contribution in [0, 0.1) is 5.92 Å². The minimum absolute atomic E-state index is 0.272. The lowest BCUT2D eigenvalue weighted by atomic mass is 10.0. The van der Waals surface area contributed by atoms with Crippen LogP contribution in [0.5, 0.6) is 5.75 Å². The van der Waals surface area contributed by atoms with Crippen molar-refractivity contribution in [2.75, 3.05) is 26.3 Å². The summed E-state index contributed by atoms with van der Waals surface area (Å²) in [6.45, 7) is 3.81. The highest BCUT2D eigenvalue weighted by Gasteiger charge is 2.23. The molecule has 3 rings (SSSR count). The number of rotatable bonds is 4. The summed E-state index contributed by atoms with van der Waals surface area (Å²) in [5.41, 5.74) is 1.31. The van der Waals surface area contributed by atoms with E-state index in [4.69, 9.17) is 9.47 Å². The first-order chi connectivity index (χ1) is 9.31. The molecule has 3 nitrogen and oxygen atoms in total. The molecule has 0 bridgehead atoms. The van der Waals surface area contributed by atoms with E-state index in [1.165, 1.54) is 18.4 Å². The Labute approximate surface area is 122 Å². The van der Waals surface area contributed by atoms with Crippen LogP contribution in [-0.4, -0.2) is 32.4 Å². The molecule has 1 fully saturated rings. The fraction of sp³-hybridized carbons (Fsp3) is 0.600. The molecule has 19 heavy (non-hydrogen) atoms. The average molecular weight is 326 g/mol. The van der Waals surface area contributed by atoms with Gasteiger partial charge in [0.2, 0.25) is 0 Å². The summed E-state index contributed by atoms with van der Waals surface area (Å²) >= 11 is 3.50. The van der Waals surface area contributed by atoms with E-state index in [0.717, 1.165) is 42.9 Å². The van der Waals surface area contributed by atoms with Crippen LogP contribution in [0.3, 0.4) is 0 Å². The third-order valence-electron chi connectivity index (χ3n) is 3.82. The van der Waals surface area contributed by atoms with Crippen LogP contribution in [0.15, 0.2) is 22.7 Å². The maximum Gasteiger partial charge on any atom is 0.123 e. The number of fused-ring (bicyclic) bond motifs is 1. The minimum Gasteiger partial charge on any atom is -0.488 e. The third-order valence-corrected chi connectivity index (χ3v) is 4.32. The second-order valence-electron chi connectivity index (χ2n) is 5.44. The summed E-state index contributed by atoms with van der Waals surface area (Å²) in [5, 5.41) is 3.53. The van der Waals surface area contributed by atoms with Crippen LogP contribution in [0.4, 0.5) is 0 Å². The van der Waals surface area contributed by atoms with Gasteiger partial charge in [-0.2, -0.15) is 0 Å². The Bertz CT molecular complexity index is 432. The first kappa shape index (κ1) is 13.4. The molecule has 0 radical (unpaired) electrons. The van der Waals surface area contributed by atoms with Crippen molar-refractivity contribution in [2.45, 2.75) is 25.4 Å². The minimum atomic E-state index is 0.272. The van der Waals surface area contributed by atoms with E-state index in [1.54, 1.807) is 0 Å². The van der Waals surface area contributed by atoms with Gasteiger partial charge < -0.3 is 14.8 Å². The fourth-order valence-corrected chi connectivity index (χ4v) is 3.23. The number of hydrogen-bond donors (Lipinski definition) is 1. The molecule has 0 saturated carbocycles. The van der Waals surface area contributed by atoms with Crippen LogP contribution in [-0.2, 0) is 11.2 Å². The largest absolute Gasteiger partial charge is 0.488 e. The normalized spacial score (nSPS) is 25.9. The van der Waals surface area contributed by atoms with E-state index in [2.05, 4.69) is 27.3 Å². The van der Waals surface area contributed by atoms with E-state index in [9.17, 15) is 0 Å². The van der Waals surface area contributed by atoms with E-state index in [-0.39, 0.29) is 6.10 Å². The van der Waals surface area contributed by atoms with Gasteiger partial charge in [0.1, 0.15) is 11.9 Å². The van der Waals surface area contributed by atoms with Gasteiger partial charge in [-0.05, 0) is 42.5 Å². The maximum atomic E-state index is 5.94. The highest BCUT2D eigenvalue weighted by Crippen LogP contribution is 2.30. The first-order valence-corrected chi connectivity index (χ1v) is 7.84. The number of halogens is 1. The molecule has 0 amide bonds. The Balaban J connectivity index is 1.43. The highest BCUT2D eigenvalue weighted by atomic mass is 79.9. The van der Waals surface area contributed by atoms with Gasteiger partial charge in [0.05, 0.1) is 6.61 Å². The van der Waals surface area contributed by atoms with Crippen LogP contribution in [0.2, 0.25) is 0 Å². The molecular weight excluding hydrogens is 306 g/mol. The molecule has 2 unspecified atom stereocenters. The Morgan fingerprint density at radius 2 is 2.26 bits per heavy atom. The molecule has 1 saturated heterocycles. The monoisotopic (exact) mass is 325 g/mol. The zero-order valence-corrected chi connectivity index (χ0v) is 12.6. The van der Waals surface area contributed by atoms with Gasteiger partial charge in [-0.1, -0.05) is 15.9 Å². The Kier molecular flexibility index (Phi) is 4.41. The van der Waals surface area contributed by atoms with Crippen LogP contribution < -0.4 is 10.1 Å². The summed E-state index contributed by atoms with van der Waals surface area (Å²) in [6, 6.07) is 6.24. The Hall–Kier alpha value is -0.580. The van der Waals surface area contributed by atoms with Gasteiger partial charge in [-0.25, -0.2) is 0 Å². The van der Waals surface area contributed by atoms with Crippen LogP contribution >= 0.6 is 15.9 Å². The van der Waals surface area contributed by atoms with Gasteiger partial charge in [-0.3, -0.25) is 0 Å². The number of ether oxygens (including phenoxy) is 2. The quantitative estimate of drug-likeness (QED) is 0.923. The summed E-state index contributed by atoms with van der Waals surface area (Å²) in [5.74, 6) is 1.71. The standard InChI is InChI=1S/C15H20BrNO2/c16-13-3-4-15-12(6-13)7-14(19-15)9-17-8-11-2-1-5-18-10-11/h3-4,6,11,14,17H,1-2,5,7-10H2. The van der Waals surface area contributed by atoms with Gasteiger partial charge in [0.25, 0.3) is 0 Å². The van der Waals surface area contributed by atoms with Crippen molar-refractivity contribution in [1.82, 2.24) is 5.32 Å². The Morgan fingerprint density at radius 3 is 3.11 bits per heavy atom. The molecule has 0 aromatic heterocycles. The topological polar surface area (TPSA) is 30.5 Å². The van der Waals surface area contributed by atoms with Crippen molar-refractivity contribution in [3.63, 3.8) is 0 Å². The van der Waals surface area contributed by atoms with Crippen molar-refractivity contribution in [3.8, 4) is 5.75 Å². The molecule has 4 heteroatoms. The van der Waals surface area contributed by atoms with Gasteiger partial charge in [0, 0.05) is 30.6 Å². The lowest BCUT2D eigenvalue weighted by Crippen LogP contribution is -2.35. The molecule has 104 valence electrons. The lowest BCUT2D eigenvalue weighted by molar-refractivity contribution is 0.0539. The second kappa shape index (κ2) is 6.25. The van der Waals surface area contributed by atoms with Crippen LogP contribution in [0.1, 0.15) is 18.4 Å². The predicted molar refractivity (Wildman–Crippen MR) is 78.7 cm³/mol. The van der Waals surface area contributed by atoms with Gasteiger partial charge >= 0.3 is 0 Å². The van der Waals surface area contributed by atoms with Gasteiger partial charge in [0.15, 0.2) is 0 Å². The van der Waals surface area contributed by atoms with Gasteiger partial charge in [-0.15, -0.1) is 0 Å². The summed E-state index contributed by atoms with van der Waals surface area (Å²) in [7, 11) is 0. The Morgan fingerprint density at radius 1 is 1.32 bits per heavy atom. The molecule has 2 atom stereocenters. The number of hydrogen-bond acceptors (Lipinski definition) is 3. The SMILES string of the molecule is Brc1ccc2c(c1)CC(CNCC1CCCOC1)O2. The van der Waals surface area contributed by atoms with E-state index >= 15 is 0 Å². The van der Waals surface area contributed by atoms with Crippen molar-refractivity contribution < 1.29 is 9.47 Å². The molecule has 1 N–H and O–H groups in total. The van der Waals surface area contributed by atoms with Crippen molar-refractivity contribution in [2.24, 2.45) is 5.92 Å². The molecule has 2 aliphatic heterocycles. The fourth-order valence-electron chi connectivity index (χ4n) is 2.82. The molecule has 1 aromatic rings.